The number of nitrogens with one attached hydrogen (secondary N) is 1. The maximum absolute atomic E-state index is 13.4. The molecule has 38 heavy (non-hydrogen) atoms. The number of anilines is 2. The molecule has 0 amide bonds. The smallest absolute Gasteiger partial charge is 0.416 e. The molecule has 0 saturated carbocycles. The molecule has 1 N–H and O–H groups in total. The molecule has 0 radical (unpaired) electrons. The quantitative estimate of drug-likeness (QED) is 0.305. The number of pyridine rings is 1. The largest absolute Gasteiger partial charge is 0.466 e. The number of carbonyl (C=O) groups excluding carboxylic acids is 2. The Balaban J connectivity index is 1.49. The predicted molar refractivity (Wildman–Crippen MR) is 140 cm³/mol. The number of rotatable bonds is 8. The van der Waals surface area contributed by atoms with Crippen molar-refractivity contribution in [2.75, 3.05) is 31.4 Å². The van der Waals surface area contributed by atoms with Gasteiger partial charge in [-0.2, -0.15) is 13.2 Å². The van der Waals surface area contributed by atoms with Crippen LogP contribution in [0.3, 0.4) is 0 Å². The fourth-order valence-electron chi connectivity index (χ4n) is 4.26. The molecule has 1 heterocycles. The van der Waals surface area contributed by atoms with Crippen LogP contribution in [0.5, 0.6) is 0 Å². The Hall–Kier alpha value is -4.14. The maximum atomic E-state index is 13.4. The molecule has 0 spiro atoms. The first-order chi connectivity index (χ1) is 17.9. The summed E-state index contributed by atoms with van der Waals surface area (Å²) in [6.45, 7) is 2.40. The van der Waals surface area contributed by atoms with Crippen LogP contribution in [0.25, 0.3) is 6.08 Å². The van der Waals surface area contributed by atoms with Crippen LogP contribution in [0, 0.1) is 6.92 Å². The number of hydrogen-bond acceptors (Lipinski definition) is 6. The van der Waals surface area contributed by atoms with Crippen LogP contribution in [-0.2, 0) is 35.1 Å². The van der Waals surface area contributed by atoms with Crippen LogP contribution in [0.2, 0.25) is 0 Å². The third kappa shape index (κ3) is 6.04. The van der Waals surface area contributed by atoms with Crippen molar-refractivity contribution in [1.29, 1.82) is 0 Å². The highest BCUT2D eigenvalue weighted by Crippen LogP contribution is 2.33. The molecule has 0 aliphatic heterocycles. The van der Waals surface area contributed by atoms with E-state index in [1.807, 2.05) is 31.2 Å². The summed E-state index contributed by atoms with van der Waals surface area (Å²) in [6.07, 6.45) is -0.674. The predicted octanol–water partition coefficient (Wildman–Crippen LogP) is 5.62. The van der Waals surface area contributed by atoms with E-state index in [2.05, 4.69) is 10.3 Å². The molecule has 2 aromatic carbocycles. The molecule has 0 bridgehead atoms. The molecule has 0 fully saturated rings. The average molecular weight is 524 g/mol. The molecule has 198 valence electrons. The molecule has 0 saturated heterocycles. The van der Waals surface area contributed by atoms with Crippen molar-refractivity contribution in [2.24, 2.45) is 0 Å². The number of aromatic nitrogens is 1. The Bertz CT molecular complexity index is 1430. The lowest BCUT2D eigenvalue weighted by atomic mass is 9.97. The molecule has 3 aromatic rings. The zero-order valence-electron chi connectivity index (χ0n) is 21.6. The summed E-state index contributed by atoms with van der Waals surface area (Å²) in [5, 5.41) is 3.32. The Morgan fingerprint density at radius 2 is 1.87 bits per heavy atom. The van der Waals surface area contributed by atoms with Crippen LogP contribution in [-0.4, -0.2) is 37.9 Å². The lowest BCUT2D eigenvalue weighted by molar-refractivity contribution is -0.137. The van der Waals surface area contributed by atoms with Gasteiger partial charge in [0.2, 0.25) is 0 Å². The Kier molecular flexibility index (Phi) is 7.57. The highest BCUT2D eigenvalue weighted by Gasteiger charge is 2.32. The lowest BCUT2D eigenvalue weighted by Gasteiger charge is -2.17. The summed E-state index contributed by atoms with van der Waals surface area (Å²) in [4.78, 5) is 30.8. The molecule has 0 unspecified atom stereocenters. The topological polar surface area (TPSA) is 71.5 Å². The normalized spacial score (nSPS) is 12.6. The summed E-state index contributed by atoms with van der Waals surface area (Å²) in [5.41, 5.74) is 5.12. The van der Waals surface area contributed by atoms with Crippen molar-refractivity contribution in [3.8, 4) is 0 Å². The minimum absolute atomic E-state index is 0.0207. The molecule has 9 heteroatoms. The van der Waals surface area contributed by atoms with Gasteiger partial charge in [-0.05, 0) is 59.5 Å². The summed E-state index contributed by atoms with van der Waals surface area (Å²) < 4.78 is 45.0. The van der Waals surface area contributed by atoms with Gasteiger partial charge in [-0.15, -0.1) is 0 Å². The van der Waals surface area contributed by atoms with E-state index in [0.29, 0.717) is 29.8 Å². The first-order valence-corrected chi connectivity index (χ1v) is 12.0. The van der Waals surface area contributed by atoms with Gasteiger partial charge in [0.05, 0.1) is 30.3 Å². The van der Waals surface area contributed by atoms with Crippen LogP contribution in [0.15, 0.2) is 54.2 Å². The molecular weight excluding hydrogens is 495 g/mol. The van der Waals surface area contributed by atoms with Crippen molar-refractivity contribution in [1.82, 2.24) is 4.98 Å². The number of carbonyl (C=O) groups is 2. The third-order valence-corrected chi connectivity index (χ3v) is 6.48. The van der Waals surface area contributed by atoms with Gasteiger partial charge in [0.15, 0.2) is 5.78 Å². The molecule has 6 nitrogen and oxygen atoms in total. The molecule has 1 aliphatic rings. The van der Waals surface area contributed by atoms with Crippen molar-refractivity contribution < 1.29 is 27.5 Å². The number of alkyl halides is 3. The maximum Gasteiger partial charge on any atom is 0.416 e. The molecule has 4 rings (SSSR count). The number of Topliss-reactive ketones (excluding diaryl/α,β-unsaturated/α-hetero) is 1. The fraction of sp³-hybridized carbons (Fsp3) is 0.276. The summed E-state index contributed by atoms with van der Waals surface area (Å²) in [6, 6.07) is 10.9. The van der Waals surface area contributed by atoms with Gasteiger partial charge in [0.1, 0.15) is 0 Å². The number of fused-ring (bicyclic) bond motifs is 1. The van der Waals surface area contributed by atoms with E-state index in [1.54, 1.807) is 31.3 Å². The van der Waals surface area contributed by atoms with Gasteiger partial charge in [-0.1, -0.05) is 18.2 Å². The number of hydrogen-bond donors (Lipinski definition) is 1. The second-order valence-corrected chi connectivity index (χ2v) is 9.47. The molecule has 1 aromatic heterocycles. The fourth-order valence-corrected chi connectivity index (χ4v) is 4.26. The van der Waals surface area contributed by atoms with Gasteiger partial charge in [0, 0.05) is 50.3 Å². The van der Waals surface area contributed by atoms with E-state index in [1.165, 1.54) is 13.2 Å². The van der Waals surface area contributed by atoms with E-state index >= 15 is 0 Å². The minimum atomic E-state index is -4.55. The van der Waals surface area contributed by atoms with Gasteiger partial charge in [-0.3, -0.25) is 9.78 Å². The summed E-state index contributed by atoms with van der Waals surface area (Å²) >= 11 is 0. The van der Waals surface area contributed by atoms with Crippen LogP contribution < -0.4 is 10.2 Å². The van der Waals surface area contributed by atoms with Crippen molar-refractivity contribution in [2.45, 2.75) is 32.5 Å². The monoisotopic (exact) mass is 523 g/mol. The number of benzene rings is 2. The number of methoxy groups -OCH3 is 1. The van der Waals surface area contributed by atoms with E-state index in [9.17, 15) is 22.8 Å². The van der Waals surface area contributed by atoms with Crippen LogP contribution in [0.1, 0.15) is 43.9 Å². The Labute approximate surface area is 219 Å². The first kappa shape index (κ1) is 26.9. The average Bonchev–Trinajstić information content (AvgIpc) is 3.31. The minimum Gasteiger partial charge on any atom is -0.466 e. The zero-order chi connectivity index (χ0) is 27.6. The van der Waals surface area contributed by atoms with Gasteiger partial charge in [-0.25, -0.2) is 4.79 Å². The highest BCUT2D eigenvalue weighted by molar-refractivity contribution is 5.98. The Morgan fingerprint density at radius 1 is 1.11 bits per heavy atom. The second kappa shape index (κ2) is 10.7. The van der Waals surface area contributed by atoms with Crippen LogP contribution >= 0.6 is 0 Å². The first-order valence-electron chi connectivity index (χ1n) is 12.0. The number of ketones is 1. The standard InChI is InChI=1S/C29H28F3N3O3/c1-17-5-6-18(8-27(36)20-10-23(29(30,31)32)14-25(12-20)35(2)3)7-22(17)15-33-24-11-19-9-21(28(37)38-4)13-26(19)34-16-24/h5-7,9-12,14,16,33H,8,13,15H2,1-4H3. The van der Waals surface area contributed by atoms with Gasteiger partial charge >= 0.3 is 12.1 Å². The Morgan fingerprint density at radius 3 is 2.55 bits per heavy atom. The number of aryl methyl sites for hydroxylation is 1. The van der Waals surface area contributed by atoms with E-state index in [4.69, 9.17) is 4.74 Å². The van der Waals surface area contributed by atoms with E-state index in [-0.39, 0.29) is 18.0 Å². The molecule has 1 aliphatic carbocycles. The third-order valence-electron chi connectivity index (χ3n) is 6.48. The van der Waals surface area contributed by atoms with E-state index < -0.39 is 17.5 Å². The number of nitrogens with zero attached hydrogens (tertiary/aromatic N) is 2. The summed E-state index contributed by atoms with van der Waals surface area (Å²) in [5.74, 6) is -0.763. The molecule has 0 atom stereocenters. The second-order valence-electron chi connectivity index (χ2n) is 9.47. The molecular formula is C29H28F3N3O3. The van der Waals surface area contributed by atoms with Gasteiger partial charge < -0.3 is 15.0 Å². The van der Waals surface area contributed by atoms with E-state index in [0.717, 1.165) is 40.2 Å². The SMILES string of the molecule is COC(=O)C1=Cc2cc(NCc3cc(CC(=O)c4cc(N(C)C)cc(C(F)(F)F)c4)ccc3C)cnc2C1. The van der Waals surface area contributed by atoms with Crippen LogP contribution in [0.4, 0.5) is 24.5 Å². The van der Waals surface area contributed by atoms with Crippen molar-refractivity contribution in [3.05, 3.63) is 93.3 Å². The number of esters is 1. The zero-order valence-corrected chi connectivity index (χ0v) is 21.6. The van der Waals surface area contributed by atoms with Crippen molar-refractivity contribution in [3.63, 3.8) is 0 Å². The highest BCUT2D eigenvalue weighted by atomic mass is 19.4. The van der Waals surface area contributed by atoms with Crippen molar-refractivity contribution >= 4 is 29.2 Å². The number of ether oxygens (including phenoxy) is 1. The lowest BCUT2D eigenvalue weighted by Crippen LogP contribution is -2.14. The summed E-state index contributed by atoms with van der Waals surface area (Å²) in [7, 11) is 4.61. The number of halogens is 3. The van der Waals surface area contributed by atoms with Gasteiger partial charge in [0.25, 0.3) is 0 Å².